The molecule has 7 nitrogen and oxygen atoms in total. The van der Waals surface area contributed by atoms with Gasteiger partial charge in [0.2, 0.25) is 5.91 Å². The van der Waals surface area contributed by atoms with Gasteiger partial charge < -0.3 is 10.6 Å². The van der Waals surface area contributed by atoms with E-state index in [0.29, 0.717) is 16.9 Å². The zero-order valence-electron chi connectivity index (χ0n) is 13.5. The van der Waals surface area contributed by atoms with Gasteiger partial charge in [-0.05, 0) is 37.6 Å². The Hall–Kier alpha value is -3.22. The lowest BCUT2D eigenvalue weighted by Crippen LogP contribution is -2.15. The Bertz CT molecular complexity index is 831. The number of amides is 2. The number of aryl methyl sites for hydroxylation is 1. The van der Waals surface area contributed by atoms with Crippen LogP contribution >= 0.6 is 0 Å². The SMILES string of the molecule is CC(=O)Nc1ccc(C)c(NC(=O)c2cccc([N+](=O)[O-])c2C)c1. The topological polar surface area (TPSA) is 101 Å². The van der Waals surface area contributed by atoms with Crippen molar-refractivity contribution in [3.8, 4) is 0 Å². The molecule has 2 aromatic rings. The molecule has 2 N–H and O–H groups in total. The van der Waals surface area contributed by atoms with Crippen molar-refractivity contribution in [1.82, 2.24) is 0 Å². The van der Waals surface area contributed by atoms with Gasteiger partial charge in [0.05, 0.1) is 4.92 Å². The number of nitro groups is 1. The highest BCUT2D eigenvalue weighted by Crippen LogP contribution is 2.24. The normalized spacial score (nSPS) is 10.1. The van der Waals surface area contributed by atoms with Crippen molar-refractivity contribution in [1.29, 1.82) is 0 Å². The first-order chi connectivity index (χ1) is 11.3. The van der Waals surface area contributed by atoms with E-state index in [4.69, 9.17) is 0 Å². The van der Waals surface area contributed by atoms with E-state index in [1.54, 1.807) is 18.2 Å². The Morgan fingerprint density at radius 3 is 2.42 bits per heavy atom. The first kappa shape index (κ1) is 17.1. The largest absolute Gasteiger partial charge is 0.326 e. The minimum atomic E-state index is -0.519. The van der Waals surface area contributed by atoms with Crippen molar-refractivity contribution in [3.05, 3.63) is 63.2 Å². The summed E-state index contributed by atoms with van der Waals surface area (Å²) < 4.78 is 0. The highest BCUT2D eigenvalue weighted by atomic mass is 16.6. The highest BCUT2D eigenvalue weighted by molar-refractivity contribution is 6.06. The third kappa shape index (κ3) is 3.75. The third-order valence-corrected chi connectivity index (χ3v) is 3.55. The molecule has 0 aromatic heterocycles. The number of rotatable bonds is 4. The number of nitrogens with zero attached hydrogens (tertiary/aromatic N) is 1. The van der Waals surface area contributed by atoms with E-state index in [1.165, 1.54) is 32.0 Å². The second kappa shape index (κ2) is 6.91. The number of hydrogen-bond acceptors (Lipinski definition) is 4. The van der Waals surface area contributed by atoms with Crippen molar-refractivity contribution >= 4 is 28.9 Å². The van der Waals surface area contributed by atoms with Crippen molar-refractivity contribution in [2.45, 2.75) is 20.8 Å². The van der Waals surface area contributed by atoms with Crippen LogP contribution < -0.4 is 10.6 Å². The molecule has 24 heavy (non-hydrogen) atoms. The Morgan fingerprint density at radius 1 is 1.08 bits per heavy atom. The van der Waals surface area contributed by atoms with Crippen LogP contribution in [0.4, 0.5) is 17.1 Å². The van der Waals surface area contributed by atoms with Gasteiger partial charge in [0, 0.05) is 35.5 Å². The van der Waals surface area contributed by atoms with Crippen LogP contribution in [0.3, 0.4) is 0 Å². The minimum Gasteiger partial charge on any atom is -0.326 e. The fraction of sp³-hybridized carbons (Fsp3) is 0.176. The molecule has 0 saturated heterocycles. The molecule has 0 unspecified atom stereocenters. The molecule has 0 aliphatic rings. The quantitative estimate of drug-likeness (QED) is 0.663. The molecule has 2 aromatic carbocycles. The summed E-state index contributed by atoms with van der Waals surface area (Å²) in [6.07, 6.45) is 0. The van der Waals surface area contributed by atoms with Gasteiger partial charge in [0.25, 0.3) is 11.6 Å². The predicted molar refractivity (Wildman–Crippen MR) is 91.3 cm³/mol. The molecule has 0 atom stereocenters. The summed E-state index contributed by atoms with van der Waals surface area (Å²) in [6.45, 7) is 4.74. The van der Waals surface area contributed by atoms with Gasteiger partial charge in [-0.15, -0.1) is 0 Å². The fourth-order valence-electron chi connectivity index (χ4n) is 2.29. The van der Waals surface area contributed by atoms with Crippen LogP contribution in [-0.4, -0.2) is 16.7 Å². The van der Waals surface area contributed by atoms with E-state index >= 15 is 0 Å². The molecule has 0 fully saturated rings. The number of hydrogen-bond donors (Lipinski definition) is 2. The van der Waals surface area contributed by atoms with Crippen LogP contribution in [0, 0.1) is 24.0 Å². The van der Waals surface area contributed by atoms with Crippen molar-refractivity contribution in [2.24, 2.45) is 0 Å². The number of anilines is 2. The molecule has 0 bridgehead atoms. The standard InChI is InChI=1S/C17H17N3O4/c1-10-7-8-13(18-12(3)21)9-15(10)19-17(22)14-5-4-6-16(11(14)2)20(23)24/h4-9H,1-3H3,(H,18,21)(H,19,22). The number of benzene rings is 2. The first-order valence-corrected chi connectivity index (χ1v) is 7.23. The Balaban J connectivity index is 2.32. The van der Waals surface area contributed by atoms with Crippen LogP contribution in [0.25, 0.3) is 0 Å². The van der Waals surface area contributed by atoms with Gasteiger partial charge in [-0.2, -0.15) is 0 Å². The minimum absolute atomic E-state index is 0.105. The number of nitro benzene ring substituents is 1. The molecule has 0 radical (unpaired) electrons. The van der Waals surface area contributed by atoms with Gasteiger partial charge in [-0.3, -0.25) is 19.7 Å². The van der Waals surface area contributed by atoms with Crippen LogP contribution in [0.2, 0.25) is 0 Å². The Kier molecular flexibility index (Phi) is 4.93. The van der Waals surface area contributed by atoms with Gasteiger partial charge in [0.1, 0.15) is 0 Å². The average molecular weight is 327 g/mol. The maximum Gasteiger partial charge on any atom is 0.273 e. The molecule has 0 aliphatic carbocycles. The molecule has 2 amide bonds. The predicted octanol–water partition coefficient (Wildman–Crippen LogP) is 3.42. The Morgan fingerprint density at radius 2 is 1.79 bits per heavy atom. The molecule has 0 aliphatic heterocycles. The van der Waals surface area contributed by atoms with E-state index in [0.717, 1.165) is 5.56 Å². The van der Waals surface area contributed by atoms with Gasteiger partial charge in [0.15, 0.2) is 0 Å². The molecule has 0 spiro atoms. The third-order valence-electron chi connectivity index (χ3n) is 3.55. The Labute approximate surface area is 138 Å². The molecule has 0 saturated carbocycles. The monoisotopic (exact) mass is 327 g/mol. The zero-order chi connectivity index (χ0) is 17.9. The first-order valence-electron chi connectivity index (χ1n) is 7.23. The maximum absolute atomic E-state index is 12.5. The van der Waals surface area contributed by atoms with Crippen molar-refractivity contribution in [2.75, 3.05) is 10.6 Å². The van der Waals surface area contributed by atoms with Gasteiger partial charge in [-0.25, -0.2) is 0 Å². The van der Waals surface area contributed by atoms with Crippen molar-refractivity contribution < 1.29 is 14.5 Å². The second-order valence-electron chi connectivity index (χ2n) is 5.37. The molecule has 2 rings (SSSR count). The van der Waals surface area contributed by atoms with E-state index in [1.807, 2.05) is 6.92 Å². The van der Waals surface area contributed by atoms with Gasteiger partial charge >= 0.3 is 0 Å². The van der Waals surface area contributed by atoms with Crippen LogP contribution in [-0.2, 0) is 4.79 Å². The lowest BCUT2D eigenvalue weighted by atomic mass is 10.1. The highest BCUT2D eigenvalue weighted by Gasteiger charge is 2.18. The lowest BCUT2D eigenvalue weighted by molar-refractivity contribution is -0.385. The molecular formula is C17H17N3O4. The van der Waals surface area contributed by atoms with E-state index in [9.17, 15) is 19.7 Å². The summed E-state index contributed by atoms with van der Waals surface area (Å²) in [4.78, 5) is 34.1. The number of nitrogens with one attached hydrogen (secondary N) is 2. The fourth-order valence-corrected chi connectivity index (χ4v) is 2.29. The molecular weight excluding hydrogens is 310 g/mol. The summed E-state index contributed by atoms with van der Waals surface area (Å²) in [6, 6.07) is 9.49. The number of carbonyl (C=O) groups is 2. The van der Waals surface area contributed by atoms with Crippen LogP contribution in [0.1, 0.15) is 28.4 Å². The lowest BCUT2D eigenvalue weighted by Gasteiger charge is -2.12. The number of carbonyl (C=O) groups excluding carboxylic acids is 2. The maximum atomic E-state index is 12.5. The zero-order valence-corrected chi connectivity index (χ0v) is 13.5. The van der Waals surface area contributed by atoms with E-state index in [-0.39, 0.29) is 17.2 Å². The molecule has 0 heterocycles. The summed E-state index contributed by atoms with van der Waals surface area (Å²) in [5.74, 6) is -0.662. The van der Waals surface area contributed by atoms with E-state index < -0.39 is 10.8 Å². The second-order valence-corrected chi connectivity index (χ2v) is 5.37. The summed E-state index contributed by atoms with van der Waals surface area (Å²) >= 11 is 0. The summed E-state index contributed by atoms with van der Waals surface area (Å²) in [5.41, 5.74) is 2.31. The smallest absolute Gasteiger partial charge is 0.273 e. The van der Waals surface area contributed by atoms with Crippen molar-refractivity contribution in [3.63, 3.8) is 0 Å². The summed E-state index contributed by atoms with van der Waals surface area (Å²) in [7, 11) is 0. The van der Waals surface area contributed by atoms with Gasteiger partial charge in [-0.1, -0.05) is 12.1 Å². The molecule has 124 valence electrons. The molecule has 7 heteroatoms. The van der Waals surface area contributed by atoms with E-state index in [2.05, 4.69) is 10.6 Å². The van der Waals surface area contributed by atoms with Crippen LogP contribution in [0.15, 0.2) is 36.4 Å². The summed E-state index contributed by atoms with van der Waals surface area (Å²) in [5, 5.41) is 16.4. The van der Waals surface area contributed by atoms with Crippen LogP contribution in [0.5, 0.6) is 0 Å². The average Bonchev–Trinajstić information content (AvgIpc) is 2.49.